The van der Waals surface area contributed by atoms with Gasteiger partial charge in [-0.1, -0.05) is 12.8 Å². The largest absolute Gasteiger partial charge is 1.00 e. The van der Waals surface area contributed by atoms with Crippen molar-refractivity contribution in [3.63, 3.8) is 0 Å². The van der Waals surface area contributed by atoms with Gasteiger partial charge >= 0.3 is 44.8 Å². The van der Waals surface area contributed by atoms with Crippen LogP contribution in [0.3, 0.4) is 0 Å². The fourth-order valence-corrected chi connectivity index (χ4v) is 1.70. The molecule has 2 unspecified atom stereocenters. The molecule has 0 aromatic carbocycles. The Morgan fingerprint density at radius 1 is 0.857 bits per heavy atom. The van der Waals surface area contributed by atoms with Gasteiger partial charge in [0.2, 0.25) is 0 Å². The summed E-state index contributed by atoms with van der Waals surface area (Å²) in [6.07, 6.45) is 2.34. The van der Waals surface area contributed by atoms with Crippen LogP contribution in [0.2, 0.25) is 0 Å². The minimum atomic E-state index is -1.26. The van der Waals surface area contributed by atoms with Crippen molar-refractivity contribution in [2.24, 2.45) is 11.8 Å². The Morgan fingerprint density at radius 2 is 1.14 bits per heavy atom. The van der Waals surface area contributed by atoms with Gasteiger partial charge in [0, 0.05) is 23.8 Å². The van der Waals surface area contributed by atoms with E-state index in [1.54, 1.807) is 0 Å². The number of hydrogen-bond acceptors (Lipinski definition) is 4. The van der Waals surface area contributed by atoms with Crippen LogP contribution >= 0.6 is 0 Å². The summed E-state index contributed by atoms with van der Waals surface area (Å²) in [7, 11) is 0. The molecule has 0 heterocycles. The maximum Gasteiger partial charge on any atom is 1.00 e. The van der Waals surface area contributed by atoms with Gasteiger partial charge in [0.05, 0.1) is 0 Å². The second-order valence-electron chi connectivity index (χ2n) is 3.14. The predicted octanol–water partition coefficient (Wildman–Crippen LogP) is -1.71. The normalized spacial score (nSPS) is 25.4. The Balaban J connectivity index is 0. The first-order valence-corrected chi connectivity index (χ1v) is 4.04. The molecule has 88 valence electrons. The molecule has 1 aliphatic rings. The predicted molar refractivity (Wildman–Crippen MR) is 35.5 cm³/mol. The molecule has 6 heteroatoms. The molecule has 0 aliphatic heterocycles. The summed E-state index contributed by atoms with van der Waals surface area (Å²) in [5, 5.41) is 20.9. The van der Waals surface area contributed by atoms with Gasteiger partial charge in [0.25, 0.3) is 0 Å². The molecule has 0 aromatic heterocycles. The molecule has 0 N–H and O–H groups in total. The summed E-state index contributed by atoms with van der Waals surface area (Å²) in [5.41, 5.74) is 0. The molecule has 1 fully saturated rings. The van der Waals surface area contributed by atoms with Crippen LogP contribution in [0, 0.1) is 11.8 Å². The SMILES string of the molecule is O=C([O-])C1CCCCC1C(=O)[O-].[Ag+].[Ag+]. The third kappa shape index (κ3) is 4.30. The summed E-state index contributed by atoms with van der Waals surface area (Å²) in [6.45, 7) is 0. The fourth-order valence-electron chi connectivity index (χ4n) is 1.70. The molecular weight excluding hydrogens is 376 g/mol. The van der Waals surface area contributed by atoms with Crippen LogP contribution in [-0.4, -0.2) is 11.9 Å². The average Bonchev–Trinajstić information content (AvgIpc) is 2.04. The van der Waals surface area contributed by atoms with Crippen molar-refractivity contribution >= 4 is 11.9 Å². The van der Waals surface area contributed by atoms with Gasteiger partial charge in [-0.3, -0.25) is 0 Å². The summed E-state index contributed by atoms with van der Waals surface area (Å²) in [4.78, 5) is 20.9. The van der Waals surface area contributed by atoms with Crippen molar-refractivity contribution in [1.29, 1.82) is 0 Å². The van der Waals surface area contributed by atoms with Crippen LogP contribution in [-0.2, 0) is 54.3 Å². The van der Waals surface area contributed by atoms with Crippen molar-refractivity contribution in [3.05, 3.63) is 0 Å². The van der Waals surface area contributed by atoms with E-state index in [0.29, 0.717) is 12.8 Å². The maximum absolute atomic E-state index is 10.5. The number of aliphatic carboxylic acids is 2. The second kappa shape index (κ2) is 7.68. The quantitative estimate of drug-likeness (QED) is 0.530. The summed E-state index contributed by atoms with van der Waals surface area (Å²) in [6, 6.07) is 0. The summed E-state index contributed by atoms with van der Waals surface area (Å²) in [5.74, 6) is -4.21. The molecule has 0 saturated heterocycles. The van der Waals surface area contributed by atoms with E-state index in [-0.39, 0.29) is 44.8 Å². The van der Waals surface area contributed by atoms with Gasteiger partial charge < -0.3 is 19.8 Å². The van der Waals surface area contributed by atoms with E-state index >= 15 is 0 Å². The van der Waals surface area contributed by atoms with E-state index < -0.39 is 23.8 Å². The summed E-state index contributed by atoms with van der Waals surface area (Å²) < 4.78 is 0. The summed E-state index contributed by atoms with van der Waals surface area (Å²) >= 11 is 0. The molecule has 0 bridgehead atoms. The van der Waals surface area contributed by atoms with E-state index in [4.69, 9.17) is 0 Å². The number of carbonyl (C=O) groups excluding carboxylic acids is 2. The minimum Gasteiger partial charge on any atom is -0.550 e. The van der Waals surface area contributed by atoms with E-state index in [2.05, 4.69) is 0 Å². The van der Waals surface area contributed by atoms with Crippen molar-refractivity contribution < 1.29 is 64.6 Å². The first-order chi connectivity index (χ1) is 5.63. The van der Waals surface area contributed by atoms with Crippen LogP contribution in [0.4, 0.5) is 0 Å². The Labute approximate surface area is 113 Å². The molecule has 2 atom stereocenters. The Morgan fingerprint density at radius 3 is 1.36 bits per heavy atom. The Kier molecular flexibility index (Phi) is 9.23. The molecule has 4 nitrogen and oxygen atoms in total. The maximum atomic E-state index is 10.5. The van der Waals surface area contributed by atoms with Crippen molar-refractivity contribution in [3.8, 4) is 0 Å². The molecular formula is C8H10Ag2O4. The third-order valence-electron chi connectivity index (χ3n) is 2.37. The van der Waals surface area contributed by atoms with Crippen LogP contribution in [0.5, 0.6) is 0 Å². The zero-order chi connectivity index (χ0) is 9.14. The molecule has 0 aromatic rings. The molecule has 1 rings (SSSR count). The Bertz CT molecular complexity index is 186. The second-order valence-corrected chi connectivity index (χ2v) is 3.14. The third-order valence-corrected chi connectivity index (χ3v) is 2.37. The van der Waals surface area contributed by atoms with Crippen LogP contribution in [0.15, 0.2) is 0 Å². The van der Waals surface area contributed by atoms with Gasteiger partial charge in [-0.2, -0.15) is 0 Å². The van der Waals surface area contributed by atoms with Gasteiger partial charge in [-0.25, -0.2) is 0 Å². The van der Waals surface area contributed by atoms with E-state index in [0.717, 1.165) is 12.8 Å². The molecule has 1 aliphatic carbocycles. The van der Waals surface area contributed by atoms with Gasteiger partial charge in [0.15, 0.2) is 0 Å². The fraction of sp³-hybridized carbons (Fsp3) is 0.750. The number of hydrogen-bond donors (Lipinski definition) is 0. The molecule has 1 saturated carbocycles. The first kappa shape index (κ1) is 16.8. The van der Waals surface area contributed by atoms with Gasteiger partial charge in [-0.05, 0) is 12.8 Å². The van der Waals surface area contributed by atoms with Crippen molar-refractivity contribution in [2.75, 3.05) is 0 Å². The average molecular weight is 386 g/mol. The van der Waals surface area contributed by atoms with E-state index in [1.807, 2.05) is 0 Å². The molecule has 0 spiro atoms. The zero-order valence-electron chi connectivity index (χ0n) is 7.22. The van der Waals surface area contributed by atoms with Crippen molar-refractivity contribution in [2.45, 2.75) is 25.7 Å². The monoisotopic (exact) mass is 384 g/mol. The van der Waals surface area contributed by atoms with E-state index in [1.165, 1.54) is 0 Å². The smallest absolute Gasteiger partial charge is 0.550 e. The molecule has 0 amide bonds. The minimum absolute atomic E-state index is 0. The van der Waals surface area contributed by atoms with Crippen LogP contribution in [0.1, 0.15) is 25.7 Å². The van der Waals surface area contributed by atoms with Gasteiger partial charge in [-0.15, -0.1) is 0 Å². The van der Waals surface area contributed by atoms with Crippen molar-refractivity contribution in [1.82, 2.24) is 0 Å². The van der Waals surface area contributed by atoms with Crippen LogP contribution < -0.4 is 10.2 Å². The van der Waals surface area contributed by atoms with Crippen LogP contribution in [0.25, 0.3) is 0 Å². The number of carbonyl (C=O) groups is 2. The number of carboxylic acids is 2. The molecule has 14 heavy (non-hydrogen) atoms. The zero-order valence-corrected chi connectivity index (χ0v) is 10.2. The standard InChI is InChI=1S/C8H12O4.2Ag/c9-7(10)5-3-1-2-4-6(5)8(11)12;;/h5-6H,1-4H2,(H,9,10)(H,11,12);;/q;2*+1/p-2. The topological polar surface area (TPSA) is 80.3 Å². The first-order valence-electron chi connectivity index (χ1n) is 4.04. The van der Waals surface area contributed by atoms with E-state index in [9.17, 15) is 19.8 Å². The van der Waals surface area contributed by atoms with Gasteiger partial charge in [0.1, 0.15) is 0 Å². The number of rotatable bonds is 2. The number of carboxylic acid groups (broad SMARTS) is 2. The molecule has 0 radical (unpaired) electrons. The Hall–Kier alpha value is 0.421.